The van der Waals surface area contributed by atoms with Crippen LogP contribution in [0.1, 0.15) is 5.56 Å². The number of nitrogens with one attached hydrogen (secondary N) is 1. The van der Waals surface area contributed by atoms with Crippen molar-refractivity contribution in [1.29, 1.82) is 5.26 Å². The van der Waals surface area contributed by atoms with Crippen LogP contribution in [0.4, 0.5) is 5.00 Å². The first kappa shape index (κ1) is 14.5. The number of carboxylic acid groups (broad SMARTS) is 1. The normalized spacial score (nSPS) is 11.6. The predicted octanol–water partition coefficient (Wildman–Crippen LogP) is 0.703. The molecule has 6 nitrogen and oxygen atoms in total. The van der Waals surface area contributed by atoms with Crippen LogP contribution in [0, 0.1) is 11.3 Å². The SMILES string of the molecule is N#Cc1ccsc1NC(=O)CSCC(N)C(=O)O. The summed E-state index contributed by atoms with van der Waals surface area (Å²) in [5, 5.41) is 22.1. The van der Waals surface area contributed by atoms with Gasteiger partial charge in [0, 0.05) is 5.75 Å². The standard InChI is InChI=1S/C10H11N3O3S2/c11-3-6-1-2-18-9(6)13-8(14)5-17-4-7(12)10(15)16/h1-2,7H,4-5,12H2,(H,13,14)(H,15,16). The summed E-state index contributed by atoms with van der Waals surface area (Å²) in [5.41, 5.74) is 5.71. The summed E-state index contributed by atoms with van der Waals surface area (Å²) in [5.74, 6) is -1.10. The summed E-state index contributed by atoms with van der Waals surface area (Å²) in [7, 11) is 0. The lowest BCUT2D eigenvalue weighted by Crippen LogP contribution is -2.33. The van der Waals surface area contributed by atoms with Crippen molar-refractivity contribution in [3.05, 3.63) is 17.0 Å². The maximum absolute atomic E-state index is 11.5. The fourth-order valence-electron chi connectivity index (χ4n) is 1.01. The molecule has 0 bridgehead atoms. The first-order valence-electron chi connectivity index (χ1n) is 4.88. The van der Waals surface area contributed by atoms with Gasteiger partial charge >= 0.3 is 5.97 Å². The van der Waals surface area contributed by atoms with Gasteiger partial charge in [0.25, 0.3) is 0 Å². The van der Waals surface area contributed by atoms with Gasteiger partial charge in [0.2, 0.25) is 5.91 Å². The van der Waals surface area contributed by atoms with Crippen LogP contribution in [0.2, 0.25) is 0 Å². The van der Waals surface area contributed by atoms with Crippen LogP contribution in [0.3, 0.4) is 0 Å². The Kier molecular flexibility index (Phi) is 5.64. The van der Waals surface area contributed by atoms with Gasteiger partial charge in [-0.05, 0) is 11.4 Å². The fraction of sp³-hybridized carbons (Fsp3) is 0.300. The molecule has 1 aromatic rings. The molecule has 1 unspecified atom stereocenters. The van der Waals surface area contributed by atoms with Crippen molar-refractivity contribution in [2.45, 2.75) is 6.04 Å². The molecule has 18 heavy (non-hydrogen) atoms. The first-order chi connectivity index (χ1) is 8.54. The van der Waals surface area contributed by atoms with E-state index >= 15 is 0 Å². The van der Waals surface area contributed by atoms with E-state index in [0.29, 0.717) is 10.6 Å². The lowest BCUT2D eigenvalue weighted by atomic mass is 10.3. The van der Waals surface area contributed by atoms with E-state index in [9.17, 15) is 9.59 Å². The lowest BCUT2D eigenvalue weighted by Gasteiger charge is -2.06. The second-order valence-electron chi connectivity index (χ2n) is 3.28. The highest BCUT2D eigenvalue weighted by atomic mass is 32.2. The van der Waals surface area contributed by atoms with Gasteiger partial charge in [-0.15, -0.1) is 23.1 Å². The molecule has 0 saturated carbocycles. The summed E-state index contributed by atoms with van der Waals surface area (Å²) in [6, 6.07) is 2.61. The van der Waals surface area contributed by atoms with Gasteiger partial charge < -0.3 is 16.2 Å². The molecule has 1 aromatic heterocycles. The van der Waals surface area contributed by atoms with Gasteiger partial charge in [0.15, 0.2) is 0 Å². The largest absolute Gasteiger partial charge is 0.480 e. The predicted molar refractivity (Wildman–Crippen MR) is 70.6 cm³/mol. The molecule has 1 rings (SSSR count). The molecule has 1 heterocycles. The third kappa shape index (κ3) is 4.37. The van der Waals surface area contributed by atoms with Crippen LogP contribution >= 0.6 is 23.1 Å². The summed E-state index contributed by atoms with van der Waals surface area (Å²) in [6.07, 6.45) is 0. The zero-order chi connectivity index (χ0) is 13.5. The lowest BCUT2D eigenvalue weighted by molar-refractivity contribution is -0.137. The minimum atomic E-state index is -1.09. The highest BCUT2D eigenvalue weighted by Crippen LogP contribution is 2.22. The highest BCUT2D eigenvalue weighted by molar-refractivity contribution is 8.00. The Morgan fingerprint density at radius 1 is 1.67 bits per heavy atom. The highest BCUT2D eigenvalue weighted by Gasteiger charge is 2.13. The van der Waals surface area contributed by atoms with Crippen LogP contribution in [0.5, 0.6) is 0 Å². The molecule has 0 saturated heterocycles. The van der Waals surface area contributed by atoms with Crippen LogP contribution in [0.25, 0.3) is 0 Å². The molecule has 0 radical (unpaired) electrons. The number of nitrogens with two attached hydrogens (primary N) is 1. The van der Waals surface area contributed by atoms with Crippen molar-refractivity contribution in [3.8, 4) is 6.07 Å². The average Bonchev–Trinajstić information content (AvgIpc) is 2.75. The van der Waals surface area contributed by atoms with Crippen molar-refractivity contribution in [3.63, 3.8) is 0 Å². The van der Waals surface area contributed by atoms with Gasteiger partial charge in [-0.2, -0.15) is 5.26 Å². The molecule has 1 atom stereocenters. The molecule has 0 aliphatic carbocycles. The quantitative estimate of drug-likeness (QED) is 0.708. The summed E-state index contributed by atoms with van der Waals surface area (Å²) in [6.45, 7) is 0. The number of amides is 1. The third-order valence-electron chi connectivity index (χ3n) is 1.89. The Balaban J connectivity index is 2.35. The number of nitriles is 1. The summed E-state index contributed by atoms with van der Waals surface area (Å²) in [4.78, 5) is 21.9. The molecule has 96 valence electrons. The number of rotatable bonds is 6. The van der Waals surface area contributed by atoms with Gasteiger partial charge in [-0.1, -0.05) is 0 Å². The van der Waals surface area contributed by atoms with E-state index in [4.69, 9.17) is 16.1 Å². The average molecular weight is 285 g/mol. The molecule has 0 spiro atoms. The zero-order valence-electron chi connectivity index (χ0n) is 9.25. The molecule has 0 aliphatic rings. The first-order valence-corrected chi connectivity index (χ1v) is 6.91. The van der Waals surface area contributed by atoms with E-state index < -0.39 is 12.0 Å². The molecular formula is C10H11N3O3S2. The van der Waals surface area contributed by atoms with Crippen LogP contribution in [-0.2, 0) is 9.59 Å². The smallest absolute Gasteiger partial charge is 0.321 e. The number of thiophene rings is 1. The number of hydrogen-bond acceptors (Lipinski definition) is 6. The van der Waals surface area contributed by atoms with Gasteiger partial charge in [0.1, 0.15) is 17.1 Å². The summed E-state index contributed by atoms with van der Waals surface area (Å²) >= 11 is 2.40. The maximum Gasteiger partial charge on any atom is 0.321 e. The molecule has 0 aromatic carbocycles. The molecule has 4 N–H and O–H groups in total. The molecule has 0 fully saturated rings. The van der Waals surface area contributed by atoms with Crippen LogP contribution in [-0.4, -0.2) is 34.5 Å². The Labute approximate surface area is 112 Å². The zero-order valence-corrected chi connectivity index (χ0v) is 10.9. The Bertz CT molecular complexity index is 481. The maximum atomic E-state index is 11.5. The number of nitrogens with zero attached hydrogens (tertiary/aromatic N) is 1. The fourth-order valence-corrected chi connectivity index (χ4v) is 2.53. The number of hydrogen-bond donors (Lipinski definition) is 3. The number of carboxylic acids is 1. The number of thioether (sulfide) groups is 1. The van der Waals surface area contributed by atoms with Crippen molar-refractivity contribution in [2.24, 2.45) is 5.73 Å². The minimum Gasteiger partial charge on any atom is -0.480 e. The molecule has 0 aliphatic heterocycles. The Morgan fingerprint density at radius 2 is 2.39 bits per heavy atom. The molecule has 8 heteroatoms. The number of carbonyl (C=O) groups excluding carboxylic acids is 1. The molecule has 1 amide bonds. The number of carbonyl (C=O) groups is 2. The number of anilines is 1. The van der Waals surface area contributed by atoms with E-state index in [-0.39, 0.29) is 17.4 Å². The van der Waals surface area contributed by atoms with E-state index in [1.54, 1.807) is 11.4 Å². The Morgan fingerprint density at radius 3 is 3.00 bits per heavy atom. The summed E-state index contributed by atoms with van der Waals surface area (Å²) < 4.78 is 0. The van der Waals surface area contributed by atoms with Crippen molar-refractivity contribution < 1.29 is 14.7 Å². The Hall–Kier alpha value is -1.56. The van der Waals surface area contributed by atoms with E-state index in [1.807, 2.05) is 6.07 Å². The van der Waals surface area contributed by atoms with E-state index in [0.717, 1.165) is 11.8 Å². The third-order valence-corrected chi connectivity index (χ3v) is 3.78. The number of aliphatic carboxylic acids is 1. The van der Waals surface area contributed by atoms with Crippen molar-refractivity contribution >= 4 is 40.0 Å². The van der Waals surface area contributed by atoms with Crippen LogP contribution < -0.4 is 11.1 Å². The van der Waals surface area contributed by atoms with Crippen molar-refractivity contribution in [1.82, 2.24) is 0 Å². The van der Waals surface area contributed by atoms with Crippen molar-refractivity contribution in [2.75, 3.05) is 16.8 Å². The second kappa shape index (κ2) is 7.00. The minimum absolute atomic E-state index is 0.101. The van der Waals surface area contributed by atoms with E-state index in [1.165, 1.54) is 11.3 Å². The monoisotopic (exact) mass is 285 g/mol. The second-order valence-corrected chi connectivity index (χ2v) is 5.23. The topological polar surface area (TPSA) is 116 Å². The van der Waals surface area contributed by atoms with Gasteiger partial charge in [0.05, 0.1) is 11.3 Å². The van der Waals surface area contributed by atoms with Gasteiger partial charge in [-0.25, -0.2) is 0 Å². The van der Waals surface area contributed by atoms with Gasteiger partial charge in [-0.3, -0.25) is 9.59 Å². The molecular weight excluding hydrogens is 274 g/mol. The van der Waals surface area contributed by atoms with E-state index in [2.05, 4.69) is 5.32 Å². The van der Waals surface area contributed by atoms with Crippen LogP contribution in [0.15, 0.2) is 11.4 Å².